The van der Waals surface area contributed by atoms with Gasteiger partial charge in [0.25, 0.3) is 0 Å². The number of hydrogen-bond donors (Lipinski definition) is 0. The smallest absolute Gasteiger partial charge is 0.323 e. The maximum absolute atomic E-state index is 12.1. The minimum Gasteiger partial charge on any atom is -0.465 e. The second kappa shape index (κ2) is 6.74. The molecule has 0 aromatic heterocycles. The predicted octanol–water partition coefficient (Wildman–Crippen LogP) is 2.75. The van der Waals surface area contributed by atoms with Gasteiger partial charge in [-0.2, -0.15) is 0 Å². The van der Waals surface area contributed by atoms with Crippen molar-refractivity contribution in [2.45, 2.75) is 33.1 Å². The van der Waals surface area contributed by atoms with Crippen LogP contribution in [0, 0.1) is 11.3 Å². The predicted molar refractivity (Wildman–Crippen MR) is 78.6 cm³/mol. The first-order chi connectivity index (χ1) is 10.1. The summed E-state index contributed by atoms with van der Waals surface area (Å²) in [5.74, 6) is -0.554. The van der Waals surface area contributed by atoms with Gasteiger partial charge in [-0.1, -0.05) is 30.3 Å². The molecule has 1 aromatic carbocycles. The fourth-order valence-electron chi connectivity index (χ4n) is 2.97. The molecular weight excluding hydrogens is 268 g/mol. The quantitative estimate of drug-likeness (QED) is 0.597. The molecule has 0 N–H and O–H groups in total. The van der Waals surface area contributed by atoms with E-state index in [1.54, 1.807) is 13.8 Å². The molecule has 0 spiro atoms. The Morgan fingerprint density at radius 2 is 1.57 bits per heavy atom. The lowest BCUT2D eigenvalue weighted by Gasteiger charge is -2.43. The highest BCUT2D eigenvalue weighted by Crippen LogP contribution is 2.49. The van der Waals surface area contributed by atoms with Crippen LogP contribution in [0.25, 0.3) is 0 Å². The van der Waals surface area contributed by atoms with Gasteiger partial charge >= 0.3 is 11.9 Å². The van der Waals surface area contributed by atoms with Crippen LogP contribution < -0.4 is 0 Å². The standard InChI is InChI=1S/C17H22O4/c1-3-20-15(18)17(16(19)21-4-2)11-14(12-17)10-13-8-6-5-7-9-13/h5-9,14H,3-4,10-12H2,1-2H3. The van der Waals surface area contributed by atoms with Gasteiger partial charge in [-0.15, -0.1) is 0 Å². The Morgan fingerprint density at radius 1 is 1.05 bits per heavy atom. The molecule has 0 unspecified atom stereocenters. The molecule has 4 nitrogen and oxygen atoms in total. The summed E-state index contributed by atoms with van der Waals surface area (Å²) in [6.07, 6.45) is 1.90. The minimum absolute atomic E-state index is 0.281. The summed E-state index contributed by atoms with van der Waals surface area (Å²) in [6.45, 7) is 4.06. The van der Waals surface area contributed by atoms with Crippen molar-refractivity contribution in [2.75, 3.05) is 13.2 Å². The molecule has 0 radical (unpaired) electrons. The van der Waals surface area contributed by atoms with E-state index in [4.69, 9.17) is 9.47 Å². The van der Waals surface area contributed by atoms with Crippen LogP contribution >= 0.6 is 0 Å². The molecule has 1 aromatic rings. The number of hydrogen-bond acceptors (Lipinski definition) is 4. The van der Waals surface area contributed by atoms with Gasteiger partial charge < -0.3 is 9.47 Å². The highest BCUT2D eigenvalue weighted by Gasteiger charge is 2.58. The molecular formula is C17H22O4. The van der Waals surface area contributed by atoms with Crippen LogP contribution in [0.1, 0.15) is 32.3 Å². The normalized spacial score (nSPS) is 16.9. The van der Waals surface area contributed by atoms with Gasteiger partial charge in [0.2, 0.25) is 0 Å². The van der Waals surface area contributed by atoms with E-state index in [1.807, 2.05) is 18.2 Å². The Hall–Kier alpha value is -1.84. The molecule has 1 aliphatic carbocycles. The highest BCUT2D eigenvalue weighted by atomic mass is 16.6. The van der Waals surface area contributed by atoms with Crippen molar-refractivity contribution in [1.29, 1.82) is 0 Å². The summed E-state index contributed by atoms with van der Waals surface area (Å²) in [5, 5.41) is 0. The number of carbonyl (C=O) groups excluding carboxylic acids is 2. The molecule has 0 saturated heterocycles. The first kappa shape index (κ1) is 15.5. The van der Waals surface area contributed by atoms with Crippen LogP contribution in [0.3, 0.4) is 0 Å². The maximum Gasteiger partial charge on any atom is 0.323 e. The van der Waals surface area contributed by atoms with Crippen LogP contribution in [0.2, 0.25) is 0 Å². The molecule has 0 heterocycles. The lowest BCUT2D eigenvalue weighted by Crippen LogP contribution is -2.52. The molecule has 114 valence electrons. The van der Waals surface area contributed by atoms with Crippen LogP contribution in [-0.2, 0) is 25.5 Å². The van der Waals surface area contributed by atoms with Gasteiger partial charge in [-0.05, 0) is 44.6 Å². The number of ether oxygens (including phenoxy) is 2. The van der Waals surface area contributed by atoms with E-state index in [9.17, 15) is 9.59 Å². The van der Waals surface area contributed by atoms with E-state index in [0.29, 0.717) is 18.8 Å². The second-order valence-corrected chi connectivity index (χ2v) is 5.49. The Labute approximate surface area is 125 Å². The Morgan fingerprint density at radius 3 is 2.05 bits per heavy atom. The summed E-state index contributed by atoms with van der Waals surface area (Å²) in [4.78, 5) is 24.3. The molecule has 21 heavy (non-hydrogen) atoms. The van der Waals surface area contributed by atoms with E-state index in [2.05, 4.69) is 12.1 Å². The van der Waals surface area contributed by atoms with Crippen molar-refractivity contribution in [2.24, 2.45) is 11.3 Å². The van der Waals surface area contributed by atoms with Crippen LogP contribution in [-0.4, -0.2) is 25.2 Å². The largest absolute Gasteiger partial charge is 0.465 e. The SMILES string of the molecule is CCOC(=O)C1(C(=O)OCC)CC(Cc2ccccc2)C1. The molecule has 1 fully saturated rings. The lowest BCUT2D eigenvalue weighted by molar-refractivity contribution is -0.183. The minimum atomic E-state index is -1.08. The molecule has 0 aliphatic heterocycles. The van der Waals surface area contributed by atoms with Crippen molar-refractivity contribution in [1.82, 2.24) is 0 Å². The van der Waals surface area contributed by atoms with E-state index < -0.39 is 17.4 Å². The second-order valence-electron chi connectivity index (χ2n) is 5.49. The third-order valence-corrected chi connectivity index (χ3v) is 3.97. The van der Waals surface area contributed by atoms with Crippen molar-refractivity contribution in [3.8, 4) is 0 Å². The highest BCUT2D eigenvalue weighted by molar-refractivity contribution is 6.01. The number of rotatable bonds is 6. The zero-order valence-electron chi connectivity index (χ0n) is 12.6. The monoisotopic (exact) mass is 290 g/mol. The number of carbonyl (C=O) groups is 2. The maximum atomic E-state index is 12.1. The zero-order valence-corrected chi connectivity index (χ0v) is 12.6. The fourth-order valence-corrected chi connectivity index (χ4v) is 2.97. The summed E-state index contributed by atoms with van der Waals surface area (Å²) >= 11 is 0. The Kier molecular flexibility index (Phi) is 4.99. The van der Waals surface area contributed by atoms with Gasteiger partial charge in [0, 0.05) is 0 Å². The third-order valence-electron chi connectivity index (χ3n) is 3.97. The van der Waals surface area contributed by atoms with Crippen molar-refractivity contribution in [3.63, 3.8) is 0 Å². The molecule has 4 heteroatoms. The fraction of sp³-hybridized carbons (Fsp3) is 0.529. The molecule has 0 amide bonds. The first-order valence-corrected chi connectivity index (χ1v) is 7.50. The van der Waals surface area contributed by atoms with Crippen LogP contribution in [0.15, 0.2) is 30.3 Å². The Balaban J connectivity index is 2.02. The average molecular weight is 290 g/mol. The van der Waals surface area contributed by atoms with Gasteiger partial charge in [-0.25, -0.2) is 0 Å². The molecule has 1 aliphatic rings. The van der Waals surface area contributed by atoms with E-state index in [-0.39, 0.29) is 13.2 Å². The summed E-state index contributed by atoms with van der Waals surface area (Å²) in [7, 11) is 0. The van der Waals surface area contributed by atoms with E-state index in [1.165, 1.54) is 5.56 Å². The summed E-state index contributed by atoms with van der Waals surface area (Å²) in [6, 6.07) is 10.1. The number of esters is 2. The van der Waals surface area contributed by atoms with Gasteiger partial charge in [0.1, 0.15) is 0 Å². The van der Waals surface area contributed by atoms with Crippen LogP contribution in [0.5, 0.6) is 0 Å². The lowest BCUT2D eigenvalue weighted by atomic mass is 9.60. The summed E-state index contributed by atoms with van der Waals surface area (Å²) in [5.41, 5.74) is 0.148. The first-order valence-electron chi connectivity index (χ1n) is 7.50. The summed E-state index contributed by atoms with van der Waals surface area (Å²) < 4.78 is 10.2. The van der Waals surface area contributed by atoms with Gasteiger partial charge in [0.05, 0.1) is 13.2 Å². The number of benzene rings is 1. The zero-order chi connectivity index (χ0) is 15.3. The van der Waals surface area contributed by atoms with Crippen LogP contribution in [0.4, 0.5) is 0 Å². The van der Waals surface area contributed by atoms with E-state index >= 15 is 0 Å². The van der Waals surface area contributed by atoms with Crippen molar-refractivity contribution in [3.05, 3.63) is 35.9 Å². The Bertz CT molecular complexity index is 469. The van der Waals surface area contributed by atoms with Gasteiger partial charge in [0.15, 0.2) is 5.41 Å². The molecule has 0 atom stereocenters. The average Bonchev–Trinajstić information content (AvgIpc) is 2.43. The van der Waals surface area contributed by atoms with Crippen molar-refractivity contribution < 1.29 is 19.1 Å². The van der Waals surface area contributed by atoms with Gasteiger partial charge in [-0.3, -0.25) is 9.59 Å². The molecule has 0 bridgehead atoms. The molecule has 1 saturated carbocycles. The third kappa shape index (κ3) is 3.26. The van der Waals surface area contributed by atoms with Crippen molar-refractivity contribution >= 4 is 11.9 Å². The van der Waals surface area contributed by atoms with E-state index in [0.717, 1.165) is 6.42 Å². The topological polar surface area (TPSA) is 52.6 Å². The molecule has 2 rings (SSSR count).